The van der Waals surface area contributed by atoms with Crippen molar-refractivity contribution in [2.75, 3.05) is 5.01 Å². The van der Waals surface area contributed by atoms with Crippen LogP contribution in [0.25, 0.3) is 0 Å². The molecule has 2 nitrogen and oxygen atoms in total. The van der Waals surface area contributed by atoms with E-state index in [0.717, 1.165) is 17.8 Å². The van der Waals surface area contributed by atoms with Gasteiger partial charge in [-0.1, -0.05) is 36.8 Å². The normalized spacial score (nSPS) is 19.4. The zero-order chi connectivity index (χ0) is 11.5. The van der Waals surface area contributed by atoms with Crippen LogP contribution in [0.3, 0.4) is 0 Å². The molecule has 1 aromatic rings. The molecule has 0 aromatic heterocycles. The molecule has 2 heteroatoms. The zero-order valence-electron chi connectivity index (χ0n) is 9.85. The van der Waals surface area contributed by atoms with Crippen LogP contribution >= 0.6 is 0 Å². The summed E-state index contributed by atoms with van der Waals surface area (Å²) in [5.41, 5.74) is 3.34. The topological polar surface area (TPSA) is 29.3 Å². The minimum Gasteiger partial charge on any atom is -0.280 e. The molecule has 0 fully saturated rings. The van der Waals surface area contributed by atoms with Gasteiger partial charge >= 0.3 is 0 Å². The Balaban J connectivity index is 2.17. The third kappa shape index (κ3) is 2.34. The Kier molecular flexibility index (Phi) is 3.11. The third-order valence-corrected chi connectivity index (χ3v) is 2.88. The minimum atomic E-state index is 0.621. The Labute approximate surface area is 97.0 Å². The number of allylic oxidation sites excluding steroid dienone is 3. The Morgan fingerprint density at radius 2 is 1.94 bits per heavy atom. The van der Waals surface area contributed by atoms with Crippen molar-refractivity contribution in [2.24, 2.45) is 11.8 Å². The van der Waals surface area contributed by atoms with Crippen molar-refractivity contribution >= 4 is 5.69 Å². The number of benzene rings is 1. The van der Waals surface area contributed by atoms with Gasteiger partial charge in [0.2, 0.25) is 0 Å². The summed E-state index contributed by atoms with van der Waals surface area (Å²) in [4.78, 5) is 0. The number of rotatable bonds is 2. The molecule has 0 spiro atoms. The number of hydrazine groups is 1. The summed E-state index contributed by atoms with van der Waals surface area (Å²) >= 11 is 0. The molecule has 1 aliphatic carbocycles. The molecule has 0 aliphatic heterocycles. The van der Waals surface area contributed by atoms with Crippen LogP contribution in [0, 0.1) is 12.8 Å². The van der Waals surface area contributed by atoms with Gasteiger partial charge in [0.25, 0.3) is 0 Å². The van der Waals surface area contributed by atoms with Crippen LogP contribution in [0.1, 0.15) is 18.9 Å². The van der Waals surface area contributed by atoms with E-state index in [9.17, 15) is 0 Å². The second kappa shape index (κ2) is 4.54. The molecule has 0 radical (unpaired) electrons. The van der Waals surface area contributed by atoms with Gasteiger partial charge in [-0.3, -0.25) is 5.01 Å². The Hall–Kier alpha value is -1.54. The van der Waals surface area contributed by atoms with Crippen LogP contribution in [0.5, 0.6) is 0 Å². The monoisotopic (exact) mass is 214 g/mol. The van der Waals surface area contributed by atoms with Crippen molar-refractivity contribution in [3.05, 3.63) is 53.8 Å². The van der Waals surface area contributed by atoms with E-state index >= 15 is 0 Å². The van der Waals surface area contributed by atoms with Crippen molar-refractivity contribution < 1.29 is 0 Å². The SMILES string of the molecule is Cc1ccc(N(N)C2=CCC(C)C=C2)cc1. The third-order valence-electron chi connectivity index (χ3n) is 2.88. The Morgan fingerprint density at radius 3 is 2.50 bits per heavy atom. The van der Waals surface area contributed by atoms with E-state index in [0.29, 0.717) is 5.92 Å². The fourth-order valence-corrected chi connectivity index (χ4v) is 1.75. The first-order valence-corrected chi connectivity index (χ1v) is 5.66. The summed E-state index contributed by atoms with van der Waals surface area (Å²) in [7, 11) is 0. The van der Waals surface area contributed by atoms with Gasteiger partial charge < -0.3 is 0 Å². The summed E-state index contributed by atoms with van der Waals surface area (Å²) in [5.74, 6) is 6.70. The first kappa shape index (κ1) is 11.0. The van der Waals surface area contributed by atoms with Gasteiger partial charge in [-0.25, -0.2) is 5.84 Å². The maximum atomic E-state index is 6.08. The largest absolute Gasteiger partial charge is 0.280 e. The van der Waals surface area contributed by atoms with E-state index in [1.165, 1.54) is 5.56 Å². The Morgan fingerprint density at radius 1 is 1.25 bits per heavy atom. The van der Waals surface area contributed by atoms with E-state index in [1.54, 1.807) is 5.01 Å². The summed E-state index contributed by atoms with van der Waals surface area (Å²) in [6, 6.07) is 8.24. The van der Waals surface area contributed by atoms with Crippen molar-refractivity contribution in [3.63, 3.8) is 0 Å². The van der Waals surface area contributed by atoms with Gasteiger partial charge in [0.05, 0.1) is 11.4 Å². The Bertz CT molecular complexity index is 415. The lowest BCUT2D eigenvalue weighted by Crippen LogP contribution is -2.29. The molecule has 1 unspecified atom stereocenters. The highest BCUT2D eigenvalue weighted by molar-refractivity contribution is 5.53. The zero-order valence-corrected chi connectivity index (χ0v) is 9.85. The van der Waals surface area contributed by atoms with E-state index in [4.69, 9.17) is 5.84 Å². The fraction of sp³-hybridized carbons (Fsp3) is 0.286. The van der Waals surface area contributed by atoms with Crippen LogP contribution in [-0.2, 0) is 0 Å². The number of nitrogens with zero attached hydrogens (tertiary/aromatic N) is 1. The molecule has 1 atom stereocenters. The van der Waals surface area contributed by atoms with Gasteiger partial charge in [-0.2, -0.15) is 0 Å². The molecular formula is C14H18N2. The summed E-state index contributed by atoms with van der Waals surface area (Å²) in [6.07, 6.45) is 7.54. The summed E-state index contributed by atoms with van der Waals surface area (Å²) in [5, 5.41) is 1.74. The van der Waals surface area contributed by atoms with E-state index in [-0.39, 0.29) is 0 Å². The minimum absolute atomic E-state index is 0.621. The molecule has 0 bridgehead atoms. The summed E-state index contributed by atoms with van der Waals surface area (Å²) < 4.78 is 0. The number of hydrogen-bond donors (Lipinski definition) is 1. The lowest BCUT2D eigenvalue weighted by Gasteiger charge is -2.23. The quantitative estimate of drug-likeness (QED) is 0.605. The molecule has 84 valence electrons. The number of hydrogen-bond acceptors (Lipinski definition) is 2. The molecular weight excluding hydrogens is 196 g/mol. The van der Waals surface area contributed by atoms with Crippen LogP contribution in [0.15, 0.2) is 48.2 Å². The predicted octanol–water partition coefficient (Wildman–Crippen LogP) is 3.16. The molecule has 16 heavy (non-hydrogen) atoms. The molecule has 0 heterocycles. The lowest BCUT2D eigenvalue weighted by molar-refractivity contribution is 0.725. The van der Waals surface area contributed by atoms with Gasteiger partial charge in [-0.05, 0) is 37.5 Å². The highest BCUT2D eigenvalue weighted by atomic mass is 15.4. The van der Waals surface area contributed by atoms with Crippen molar-refractivity contribution in [2.45, 2.75) is 20.3 Å². The smallest absolute Gasteiger partial charge is 0.0575 e. The van der Waals surface area contributed by atoms with Crippen LogP contribution in [-0.4, -0.2) is 0 Å². The molecule has 1 aromatic carbocycles. The maximum absolute atomic E-state index is 6.08. The first-order chi connectivity index (χ1) is 7.66. The number of aryl methyl sites for hydroxylation is 1. The van der Waals surface area contributed by atoms with Crippen LogP contribution in [0.4, 0.5) is 5.69 Å². The van der Waals surface area contributed by atoms with Crippen molar-refractivity contribution in [1.82, 2.24) is 0 Å². The van der Waals surface area contributed by atoms with Crippen LogP contribution < -0.4 is 10.9 Å². The van der Waals surface area contributed by atoms with Gasteiger partial charge in [0.15, 0.2) is 0 Å². The molecule has 1 aliphatic rings. The molecule has 0 saturated heterocycles. The summed E-state index contributed by atoms with van der Waals surface area (Å²) in [6.45, 7) is 4.28. The average Bonchev–Trinajstić information content (AvgIpc) is 2.30. The van der Waals surface area contributed by atoms with E-state index in [1.807, 2.05) is 12.1 Å². The average molecular weight is 214 g/mol. The van der Waals surface area contributed by atoms with Gasteiger partial charge in [0.1, 0.15) is 0 Å². The van der Waals surface area contributed by atoms with Crippen LogP contribution in [0.2, 0.25) is 0 Å². The number of anilines is 1. The lowest BCUT2D eigenvalue weighted by atomic mass is 10.0. The molecule has 2 N–H and O–H groups in total. The molecule has 0 saturated carbocycles. The second-order valence-electron chi connectivity index (χ2n) is 4.41. The highest BCUT2D eigenvalue weighted by Crippen LogP contribution is 2.21. The van der Waals surface area contributed by atoms with Gasteiger partial charge in [-0.15, -0.1) is 0 Å². The standard InChI is InChI=1S/C14H18N2/c1-11-3-7-13(8-4-11)16(15)14-9-5-12(2)6-10-14/h3-5,7-10,12H,6,15H2,1-2H3. The van der Waals surface area contributed by atoms with Gasteiger partial charge in [0, 0.05) is 0 Å². The van der Waals surface area contributed by atoms with E-state index < -0.39 is 0 Å². The number of nitrogens with two attached hydrogens (primary N) is 1. The highest BCUT2D eigenvalue weighted by Gasteiger charge is 2.09. The molecule has 0 amide bonds. The molecule has 2 rings (SSSR count). The predicted molar refractivity (Wildman–Crippen MR) is 68.8 cm³/mol. The second-order valence-corrected chi connectivity index (χ2v) is 4.41. The van der Waals surface area contributed by atoms with Crippen molar-refractivity contribution in [1.29, 1.82) is 0 Å². The fourth-order valence-electron chi connectivity index (χ4n) is 1.75. The maximum Gasteiger partial charge on any atom is 0.0575 e. The first-order valence-electron chi connectivity index (χ1n) is 5.66. The van der Waals surface area contributed by atoms with Crippen molar-refractivity contribution in [3.8, 4) is 0 Å². The van der Waals surface area contributed by atoms with E-state index in [2.05, 4.69) is 44.2 Å².